The van der Waals surface area contributed by atoms with Crippen LogP contribution in [0, 0.1) is 0 Å². The van der Waals surface area contributed by atoms with Crippen LogP contribution in [0.1, 0.15) is 11.1 Å². The second kappa shape index (κ2) is 10.4. The van der Waals surface area contributed by atoms with Crippen LogP contribution in [0.25, 0.3) is 0 Å². The molecule has 2 amide bonds. The van der Waals surface area contributed by atoms with E-state index in [1.807, 2.05) is 30.3 Å². The Kier molecular flexibility index (Phi) is 7.59. The van der Waals surface area contributed by atoms with Gasteiger partial charge in [0.1, 0.15) is 6.61 Å². The van der Waals surface area contributed by atoms with E-state index in [1.54, 1.807) is 18.2 Å². The van der Waals surface area contributed by atoms with Crippen LogP contribution in [0.3, 0.4) is 0 Å². The zero-order valence-corrected chi connectivity index (χ0v) is 15.0. The van der Waals surface area contributed by atoms with Gasteiger partial charge < -0.3 is 14.8 Å². The molecule has 0 aliphatic heterocycles. The van der Waals surface area contributed by atoms with Gasteiger partial charge in [0.2, 0.25) is 0 Å². The molecule has 0 saturated carbocycles. The van der Waals surface area contributed by atoms with Crippen LogP contribution in [-0.4, -0.2) is 31.7 Å². The quantitative estimate of drug-likeness (QED) is 0.323. The Bertz CT molecular complexity index is 819. The number of amides is 2. The number of methoxy groups -OCH3 is 1. The van der Waals surface area contributed by atoms with Gasteiger partial charge >= 0.3 is 11.8 Å². The second-order valence-corrected chi connectivity index (χ2v) is 5.38. The van der Waals surface area contributed by atoms with Crippen LogP contribution < -0.4 is 20.2 Å². The number of carbonyl (C=O) groups excluding carboxylic acids is 2. The molecule has 0 heterocycles. The average Bonchev–Trinajstić information content (AvgIpc) is 2.71. The fraction of sp³-hybridized carbons (Fsp3) is 0.150. The van der Waals surface area contributed by atoms with Gasteiger partial charge in [0.05, 0.1) is 13.3 Å². The summed E-state index contributed by atoms with van der Waals surface area (Å²) < 4.78 is 11.1. The maximum Gasteiger partial charge on any atom is 0.329 e. The molecule has 0 aromatic heterocycles. The van der Waals surface area contributed by atoms with Crippen LogP contribution >= 0.6 is 0 Å². The van der Waals surface area contributed by atoms with E-state index in [0.29, 0.717) is 23.7 Å². The normalized spacial score (nSPS) is 10.3. The molecular formula is C20H21N3O4. The highest BCUT2D eigenvalue weighted by Gasteiger charge is 2.10. The van der Waals surface area contributed by atoms with E-state index in [2.05, 4.69) is 22.4 Å². The van der Waals surface area contributed by atoms with Gasteiger partial charge in [0.25, 0.3) is 0 Å². The van der Waals surface area contributed by atoms with Gasteiger partial charge in [-0.1, -0.05) is 36.4 Å². The van der Waals surface area contributed by atoms with Crippen LogP contribution in [0.2, 0.25) is 0 Å². The third kappa shape index (κ3) is 6.32. The molecule has 0 spiro atoms. The number of carbonyl (C=O) groups is 2. The number of hydrazone groups is 1. The number of rotatable bonds is 8. The number of ether oxygens (including phenoxy) is 2. The van der Waals surface area contributed by atoms with E-state index in [1.165, 1.54) is 19.4 Å². The van der Waals surface area contributed by atoms with E-state index >= 15 is 0 Å². The van der Waals surface area contributed by atoms with Crippen molar-refractivity contribution >= 4 is 18.0 Å². The topological polar surface area (TPSA) is 89.0 Å². The first-order chi connectivity index (χ1) is 13.1. The molecule has 0 aliphatic rings. The van der Waals surface area contributed by atoms with Crippen LogP contribution in [0.15, 0.2) is 66.3 Å². The van der Waals surface area contributed by atoms with E-state index < -0.39 is 11.8 Å². The summed E-state index contributed by atoms with van der Waals surface area (Å²) in [5.74, 6) is -0.520. The largest absolute Gasteiger partial charge is 0.493 e. The molecule has 0 atom stereocenters. The van der Waals surface area contributed by atoms with E-state index in [4.69, 9.17) is 9.47 Å². The van der Waals surface area contributed by atoms with Gasteiger partial charge in [0, 0.05) is 6.54 Å². The van der Waals surface area contributed by atoms with Crippen molar-refractivity contribution in [1.82, 2.24) is 10.7 Å². The molecule has 7 nitrogen and oxygen atoms in total. The number of benzene rings is 2. The van der Waals surface area contributed by atoms with Gasteiger partial charge in [-0.05, 0) is 29.3 Å². The third-order valence-electron chi connectivity index (χ3n) is 3.42. The summed E-state index contributed by atoms with van der Waals surface area (Å²) in [6, 6.07) is 15.0. The number of hydrogen-bond acceptors (Lipinski definition) is 5. The molecule has 2 rings (SSSR count). The lowest BCUT2D eigenvalue weighted by atomic mass is 10.2. The van der Waals surface area contributed by atoms with Gasteiger partial charge in [-0.15, -0.1) is 6.58 Å². The summed E-state index contributed by atoms with van der Waals surface area (Å²) >= 11 is 0. The molecule has 140 valence electrons. The van der Waals surface area contributed by atoms with Crippen molar-refractivity contribution in [1.29, 1.82) is 0 Å². The minimum Gasteiger partial charge on any atom is -0.493 e. The van der Waals surface area contributed by atoms with E-state index in [9.17, 15) is 9.59 Å². The van der Waals surface area contributed by atoms with E-state index in [-0.39, 0.29) is 6.54 Å². The highest BCUT2D eigenvalue weighted by Crippen LogP contribution is 2.28. The summed E-state index contributed by atoms with van der Waals surface area (Å²) in [6.45, 7) is 4.07. The fourth-order valence-corrected chi connectivity index (χ4v) is 2.08. The van der Waals surface area contributed by atoms with Gasteiger partial charge in [-0.25, -0.2) is 5.43 Å². The molecule has 2 aromatic rings. The molecule has 0 fully saturated rings. The Morgan fingerprint density at radius 3 is 2.59 bits per heavy atom. The minimum atomic E-state index is -0.858. The molecule has 2 aromatic carbocycles. The van der Waals surface area contributed by atoms with E-state index in [0.717, 1.165) is 5.56 Å². The zero-order chi connectivity index (χ0) is 19.5. The Hall–Kier alpha value is -3.61. The van der Waals surface area contributed by atoms with Gasteiger partial charge in [-0.3, -0.25) is 9.59 Å². The van der Waals surface area contributed by atoms with Crippen LogP contribution in [-0.2, 0) is 16.2 Å². The monoisotopic (exact) mass is 367 g/mol. The lowest BCUT2D eigenvalue weighted by Gasteiger charge is -2.11. The Morgan fingerprint density at radius 2 is 1.89 bits per heavy atom. The lowest BCUT2D eigenvalue weighted by Crippen LogP contribution is -2.37. The average molecular weight is 367 g/mol. The maximum atomic E-state index is 11.5. The third-order valence-corrected chi connectivity index (χ3v) is 3.42. The van der Waals surface area contributed by atoms with Crippen molar-refractivity contribution in [2.75, 3.05) is 13.7 Å². The minimum absolute atomic E-state index is 0.206. The Balaban J connectivity index is 1.95. The van der Waals surface area contributed by atoms with Crippen LogP contribution in [0.5, 0.6) is 11.5 Å². The summed E-state index contributed by atoms with van der Waals surface area (Å²) in [5, 5.41) is 6.12. The highest BCUT2D eigenvalue weighted by atomic mass is 16.5. The Morgan fingerprint density at radius 1 is 1.11 bits per heavy atom. The summed E-state index contributed by atoms with van der Waals surface area (Å²) in [6.07, 6.45) is 2.88. The molecule has 2 N–H and O–H groups in total. The van der Waals surface area contributed by atoms with Crippen molar-refractivity contribution in [3.05, 3.63) is 72.3 Å². The molecule has 27 heavy (non-hydrogen) atoms. The molecule has 7 heteroatoms. The Labute approximate surface area is 157 Å². The number of hydrogen-bond donors (Lipinski definition) is 2. The number of nitrogens with zero attached hydrogens (tertiary/aromatic N) is 1. The first-order valence-corrected chi connectivity index (χ1v) is 8.21. The SMILES string of the molecule is C=CCNC(=O)C(=O)N/N=C/c1ccc(OCc2ccccc2)c(OC)c1. The molecule has 0 aliphatic carbocycles. The zero-order valence-electron chi connectivity index (χ0n) is 15.0. The summed E-state index contributed by atoms with van der Waals surface area (Å²) in [5.41, 5.74) is 3.87. The first kappa shape index (κ1) is 19.7. The standard InChI is InChI=1S/C20H21N3O4/c1-3-11-21-19(24)20(25)23-22-13-16-9-10-17(18(12-16)26-2)27-14-15-7-5-4-6-8-15/h3-10,12-13H,1,11,14H2,2H3,(H,21,24)(H,23,25)/b22-13+. The highest BCUT2D eigenvalue weighted by molar-refractivity contribution is 6.35. The summed E-state index contributed by atoms with van der Waals surface area (Å²) in [4.78, 5) is 22.9. The van der Waals surface area contributed by atoms with Crippen molar-refractivity contribution < 1.29 is 19.1 Å². The van der Waals surface area contributed by atoms with Gasteiger partial charge in [0.15, 0.2) is 11.5 Å². The predicted octanol–water partition coefficient (Wildman–Crippen LogP) is 2.03. The molecule has 0 bridgehead atoms. The fourth-order valence-electron chi connectivity index (χ4n) is 2.08. The predicted molar refractivity (Wildman–Crippen MR) is 103 cm³/mol. The smallest absolute Gasteiger partial charge is 0.329 e. The van der Waals surface area contributed by atoms with Gasteiger partial charge in [-0.2, -0.15) is 5.10 Å². The van der Waals surface area contributed by atoms with Crippen molar-refractivity contribution in [3.8, 4) is 11.5 Å². The molecular weight excluding hydrogens is 346 g/mol. The lowest BCUT2D eigenvalue weighted by molar-refractivity contribution is -0.139. The van der Waals surface area contributed by atoms with Crippen molar-refractivity contribution in [2.45, 2.75) is 6.61 Å². The number of nitrogens with one attached hydrogen (secondary N) is 2. The molecule has 0 saturated heterocycles. The summed E-state index contributed by atoms with van der Waals surface area (Å²) in [7, 11) is 1.54. The van der Waals surface area contributed by atoms with Crippen molar-refractivity contribution in [2.24, 2.45) is 5.10 Å². The van der Waals surface area contributed by atoms with Crippen molar-refractivity contribution in [3.63, 3.8) is 0 Å². The molecule has 0 radical (unpaired) electrons. The second-order valence-electron chi connectivity index (χ2n) is 5.38. The maximum absolute atomic E-state index is 11.5. The molecule has 0 unspecified atom stereocenters. The van der Waals surface area contributed by atoms with Crippen LogP contribution in [0.4, 0.5) is 0 Å². The first-order valence-electron chi connectivity index (χ1n) is 8.21.